The molecule has 2 aromatic rings. The van der Waals surface area contributed by atoms with Crippen molar-refractivity contribution in [3.05, 3.63) is 53.9 Å². The molecule has 144 valence electrons. The van der Waals surface area contributed by atoms with E-state index >= 15 is 0 Å². The average Bonchev–Trinajstić information content (AvgIpc) is 2.69. The van der Waals surface area contributed by atoms with Gasteiger partial charge in [0.05, 0.1) is 19.8 Å². The van der Waals surface area contributed by atoms with Crippen LogP contribution in [0.15, 0.2) is 42.7 Å². The van der Waals surface area contributed by atoms with Gasteiger partial charge in [0.15, 0.2) is 11.5 Å². The maximum atomic E-state index is 11.7. The number of fused-ring (bicyclic) bond motifs is 2. The summed E-state index contributed by atoms with van der Waals surface area (Å²) >= 11 is 0. The first-order valence-corrected chi connectivity index (χ1v) is 9.71. The SMILES string of the molecule is COc1ccc(CN2C[C@H]3CCC[C@@H](C2)C3(O)c2cccnc2)cc1OC. The second-order valence-corrected chi connectivity index (χ2v) is 7.78. The number of methoxy groups -OCH3 is 2. The predicted molar refractivity (Wildman–Crippen MR) is 104 cm³/mol. The van der Waals surface area contributed by atoms with Crippen LogP contribution in [0.25, 0.3) is 0 Å². The summed E-state index contributed by atoms with van der Waals surface area (Å²) in [7, 11) is 3.32. The lowest BCUT2D eigenvalue weighted by Crippen LogP contribution is -2.57. The lowest BCUT2D eigenvalue weighted by Gasteiger charge is -2.53. The molecule has 4 rings (SSSR count). The van der Waals surface area contributed by atoms with E-state index in [1.54, 1.807) is 20.4 Å². The molecule has 0 radical (unpaired) electrons. The molecular formula is C22H28N2O3. The molecule has 2 heterocycles. The van der Waals surface area contributed by atoms with Gasteiger partial charge in [-0.2, -0.15) is 0 Å². The van der Waals surface area contributed by atoms with Gasteiger partial charge < -0.3 is 14.6 Å². The third kappa shape index (κ3) is 3.30. The normalized spacial score (nSPS) is 28.0. The molecule has 5 nitrogen and oxygen atoms in total. The Morgan fingerprint density at radius 1 is 1.11 bits per heavy atom. The first-order chi connectivity index (χ1) is 13.1. The highest BCUT2D eigenvalue weighted by molar-refractivity contribution is 5.42. The Bertz CT molecular complexity index is 766. The van der Waals surface area contributed by atoms with Crippen LogP contribution in [-0.4, -0.2) is 42.3 Å². The van der Waals surface area contributed by atoms with E-state index in [1.807, 2.05) is 24.4 Å². The van der Waals surface area contributed by atoms with Gasteiger partial charge in [-0.05, 0) is 36.6 Å². The van der Waals surface area contributed by atoms with Crippen LogP contribution in [0.3, 0.4) is 0 Å². The maximum absolute atomic E-state index is 11.7. The maximum Gasteiger partial charge on any atom is 0.161 e. The molecular weight excluding hydrogens is 340 g/mol. The van der Waals surface area contributed by atoms with E-state index in [1.165, 1.54) is 12.0 Å². The van der Waals surface area contributed by atoms with Gasteiger partial charge in [-0.15, -0.1) is 0 Å². The van der Waals surface area contributed by atoms with Crippen LogP contribution < -0.4 is 9.47 Å². The molecule has 1 N–H and O–H groups in total. The van der Waals surface area contributed by atoms with Gasteiger partial charge in [0.1, 0.15) is 0 Å². The van der Waals surface area contributed by atoms with Gasteiger partial charge >= 0.3 is 0 Å². The van der Waals surface area contributed by atoms with Crippen LogP contribution in [0.4, 0.5) is 0 Å². The minimum absolute atomic E-state index is 0.245. The molecule has 2 aliphatic rings. The largest absolute Gasteiger partial charge is 0.493 e. The van der Waals surface area contributed by atoms with Crippen LogP contribution in [-0.2, 0) is 12.1 Å². The molecule has 2 fully saturated rings. The standard InChI is InChI=1S/C22H28N2O3/c1-26-20-9-8-16(11-21(20)27-2)13-24-14-18-5-3-6-19(15-24)22(18,25)17-7-4-10-23-12-17/h4,7-12,18-19,25H,3,5-6,13-15H2,1-2H3/t18-,19+,22?. The second-order valence-electron chi connectivity index (χ2n) is 7.78. The number of rotatable bonds is 5. The van der Waals surface area contributed by atoms with Gasteiger partial charge in [-0.3, -0.25) is 9.88 Å². The summed E-state index contributed by atoms with van der Waals surface area (Å²) in [6.45, 7) is 2.66. The molecule has 1 aromatic carbocycles. The number of benzene rings is 1. The number of ether oxygens (including phenoxy) is 2. The zero-order chi connectivity index (χ0) is 18.9. The first kappa shape index (κ1) is 18.3. The third-order valence-corrected chi connectivity index (χ3v) is 6.29. The van der Waals surface area contributed by atoms with Crippen molar-refractivity contribution in [1.82, 2.24) is 9.88 Å². The summed E-state index contributed by atoms with van der Waals surface area (Å²) in [5.41, 5.74) is 1.43. The van der Waals surface area contributed by atoms with Crippen LogP contribution in [0.5, 0.6) is 11.5 Å². The lowest BCUT2D eigenvalue weighted by molar-refractivity contribution is -0.148. The Morgan fingerprint density at radius 2 is 1.85 bits per heavy atom. The molecule has 3 atom stereocenters. The summed E-state index contributed by atoms with van der Waals surface area (Å²) in [6, 6.07) is 10.1. The Morgan fingerprint density at radius 3 is 2.48 bits per heavy atom. The first-order valence-electron chi connectivity index (χ1n) is 9.71. The van der Waals surface area contributed by atoms with E-state index in [4.69, 9.17) is 9.47 Å². The third-order valence-electron chi connectivity index (χ3n) is 6.29. The Hall–Kier alpha value is -2.11. The van der Waals surface area contributed by atoms with Crippen molar-refractivity contribution in [2.24, 2.45) is 11.8 Å². The van der Waals surface area contributed by atoms with E-state index in [0.29, 0.717) is 0 Å². The number of hydrogen-bond acceptors (Lipinski definition) is 5. The molecule has 1 aliphatic carbocycles. The fourth-order valence-electron chi connectivity index (χ4n) is 4.98. The highest BCUT2D eigenvalue weighted by Crippen LogP contribution is 2.49. The number of hydrogen-bond donors (Lipinski definition) is 1. The van der Waals surface area contributed by atoms with E-state index in [-0.39, 0.29) is 11.8 Å². The van der Waals surface area contributed by atoms with Crippen molar-refractivity contribution in [2.45, 2.75) is 31.4 Å². The van der Waals surface area contributed by atoms with E-state index < -0.39 is 5.60 Å². The summed E-state index contributed by atoms with van der Waals surface area (Å²) in [5, 5.41) is 11.7. The second kappa shape index (κ2) is 7.49. The van der Waals surface area contributed by atoms with E-state index in [0.717, 1.165) is 49.5 Å². The quantitative estimate of drug-likeness (QED) is 0.878. The zero-order valence-corrected chi connectivity index (χ0v) is 16.1. The van der Waals surface area contributed by atoms with E-state index in [9.17, 15) is 5.11 Å². The van der Waals surface area contributed by atoms with Crippen LogP contribution in [0, 0.1) is 11.8 Å². The van der Waals surface area contributed by atoms with Gasteiger partial charge in [0.25, 0.3) is 0 Å². The predicted octanol–water partition coefficient (Wildman–Crippen LogP) is 3.22. The molecule has 2 bridgehead atoms. The van der Waals surface area contributed by atoms with Crippen molar-refractivity contribution in [2.75, 3.05) is 27.3 Å². The molecule has 1 aliphatic heterocycles. The molecule has 1 saturated carbocycles. The zero-order valence-electron chi connectivity index (χ0n) is 16.1. The van der Waals surface area contributed by atoms with Crippen molar-refractivity contribution in [1.29, 1.82) is 0 Å². The molecule has 5 heteroatoms. The van der Waals surface area contributed by atoms with Crippen molar-refractivity contribution in [3.63, 3.8) is 0 Å². The average molecular weight is 368 g/mol. The molecule has 27 heavy (non-hydrogen) atoms. The summed E-state index contributed by atoms with van der Waals surface area (Å²) in [4.78, 5) is 6.73. The topological polar surface area (TPSA) is 54.8 Å². The highest BCUT2D eigenvalue weighted by atomic mass is 16.5. The Labute approximate surface area is 160 Å². The minimum Gasteiger partial charge on any atom is -0.493 e. The van der Waals surface area contributed by atoms with Crippen LogP contribution in [0.2, 0.25) is 0 Å². The fraction of sp³-hybridized carbons (Fsp3) is 0.500. The van der Waals surface area contributed by atoms with Gasteiger partial charge in [-0.1, -0.05) is 18.6 Å². The number of nitrogens with zero attached hydrogens (tertiary/aromatic N) is 2. The molecule has 1 unspecified atom stereocenters. The van der Waals surface area contributed by atoms with Gasteiger partial charge in [0, 0.05) is 49.4 Å². The smallest absolute Gasteiger partial charge is 0.161 e. The Kier molecular flexibility index (Phi) is 5.06. The number of likely N-dealkylation sites (tertiary alicyclic amines) is 1. The van der Waals surface area contributed by atoms with Gasteiger partial charge in [0.2, 0.25) is 0 Å². The van der Waals surface area contributed by atoms with Crippen molar-refractivity contribution in [3.8, 4) is 11.5 Å². The minimum atomic E-state index is -0.749. The van der Waals surface area contributed by atoms with Crippen molar-refractivity contribution < 1.29 is 14.6 Å². The lowest BCUT2D eigenvalue weighted by atomic mass is 9.63. The Balaban J connectivity index is 1.54. The molecule has 1 saturated heterocycles. The van der Waals surface area contributed by atoms with Crippen LogP contribution in [0.1, 0.15) is 30.4 Å². The summed E-state index contributed by atoms with van der Waals surface area (Å²) in [5.74, 6) is 2.01. The van der Waals surface area contributed by atoms with Gasteiger partial charge in [-0.25, -0.2) is 0 Å². The summed E-state index contributed by atoms with van der Waals surface area (Å²) in [6.07, 6.45) is 6.93. The number of aromatic nitrogens is 1. The highest BCUT2D eigenvalue weighted by Gasteiger charge is 2.51. The number of pyridine rings is 1. The van der Waals surface area contributed by atoms with Crippen molar-refractivity contribution >= 4 is 0 Å². The van der Waals surface area contributed by atoms with Crippen LogP contribution >= 0.6 is 0 Å². The fourth-order valence-corrected chi connectivity index (χ4v) is 4.98. The van der Waals surface area contributed by atoms with E-state index in [2.05, 4.69) is 22.0 Å². The summed E-state index contributed by atoms with van der Waals surface area (Å²) < 4.78 is 10.8. The number of piperidine rings is 1. The monoisotopic (exact) mass is 368 g/mol. The molecule has 0 amide bonds. The molecule has 0 spiro atoms. The molecule has 1 aromatic heterocycles. The number of aliphatic hydroxyl groups is 1.